The van der Waals surface area contributed by atoms with E-state index in [0.29, 0.717) is 0 Å². The molecule has 5 heteroatoms. The van der Waals surface area contributed by atoms with Gasteiger partial charge in [0.1, 0.15) is 0 Å². The Labute approximate surface area is 102 Å². The van der Waals surface area contributed by atoms with Gasteiger partial charge in [0, 0.05) is 6.04 Å². The van der Waals surface area contributed by atoms with Gasteiger partial charge in [-0.2, -0.15) is 8.42 Å². The van der Waals surface area contributed by atoms with Gasteiger partial charge in [0.05, 0.1) is 4.90 Å². The number of hydrogen-bond donors (Lipinski definition) is 2. The van der Waals surface area contributed by atoms with Crippen molar-refractivity contribution in [1.29, 1.82) is 0 Å². The standard InChI is InChI=1S/C7H8O3S.C5H9N/c1-6-2-4-7(5-3-6)11(8,9)10;1-2-6-5-3-4-5/h2-5H,1H3,(H,8,9,10);2,5-6H,1,3-4H2. The first-order valence-corrected chi connectivity index (χ1v) is 6.78. The molecule has 1 saturated carbocycles. The summed E-state index contributed by atoms with van der Waals surface area (Å²) >= 11 is 0. The maximum Gasteiger partial charge on any atom is 0.294 e. The summed E-state index contributed by atoms with van der Waals surface area (Å²) in [5.41, 5.74) is 0.956. The molecule has 1 aromatic carbocycles. The molecule has 0 saturated heterocycles. The minimum absolute atomic E-state index is 0.0666. The van der Waals surface area contributed by atoms with Crippen LogP contribution < -0.4 is 5.32 Å². The van der Waals surface area contributed by atoms with Crippen molar-refractivity contribution in [2.45, 2.75) is 30.7 Å². The molecule has 1 fully saturated rings. The Morgan fingerprint density at radius 1 is 1.35 bits per heavy atom. The van der Waals surface area contributed by atoms with E-state index in [1.807, 2.05) is 6.92 Å². The molecule has 0 bridgehead atoms. The van der Waals surface area contributed by atoms with Crippen molar-refractivity contribution in [3.63, 3.8) is 0 Å². The first kappa shape index (κ1) is 13.7. The van der Waals surface area contributed by atoms with Gasteiger partial charge in [-0.25, -0.2) is 0 Å². The molecule has 0 amide bonds. The highest BCUT2D eigenvalue weighted by molar-refractivity contribution is 7.85. The van der Waals surface area contributed by atoms with Crippen LogP contribution in [0.25, 0.3) is 0 Å². The Hall–Kier alpha value is -1.33. The van der Waals surface area contributed by atoms with Crippen LogP contribution in [0.5, 0.6) is 0 Å². The summed E-state index contributed by atoms with van der Waals surface area (Å²) < 4.78 is 29.6. The lowest BCUT2D eigenvalue weighted by atomic mass is 10.2. The number of aryl methyl sites for hydroxylation is 1. The molecular formula is C12H17NO3S. The molecule has 4 nitrogen and oxygen atoms in total. The fourth-order valence-electron chi connectivity index (χ4n) is 1.13. The number of hydrogen-bond acceptors (Lipinski definition) is 3. The number of rotatable bonds is 3. The molecule has 1 aromatic rings. The van der Waals surface area contributed by atoms with Gasteiger partial charge in [0.2, 0.25) is 0 Å². The van der Waals surface area contributed by atoms with E-state index >= 15 is 0 Å². The molecule has 94 valence electrons. The summed E-state index contributed by atoms with van der Waals surface area (Å²) in [5.74, 6) is 0. The summed E-state index contributed by atoms with van der Waals surface area (Å²) in [6.45, 7) is 5.37. The highest BCUT2D eigenvalue weighted by Gasteiger charge is 2.18. The third kappa shape index (κ3) is 5.51. The van der Waals surface area contributed by atoms with E-state index in [2.05, 4.69) is 11.9 Å². The summed E-state index contributed by atoms with van der Waals surface area (Å²) in [7, 11) is -4.02. The molecule has 0 radical (unpaired) electrons. The second kappa shape index (κ2) is 5.84. The molecule has 1 aliphatic carbocycles. The van der Waals surface area contributed by atoms with Crippen LogP contribution >= 0.6 is 0 Å². The molecule has 0 aromatic heterocycles. The summed E-state index contributed by atoms with van der Waals surface area (Å²) in [5, 5.41) is 3.08. The highest BCUT2D eigenvalue weighted by atomic mass is 32.2. The van der Waals surface area contributed by atoms with Gasteiger partial charge < -0.3 is 5.32 Å². The van der Waals surface area contributed by atoms with Gasteiger partial charge in [0.15, 0.2) is 0 Å². The molecule has 1 aliphatic rings. The summed E-state index contributed by atoms with van der Waals surface area (Å²) in [6.07, 6.45) is 4.44. The maximum atomic E-state index is 10.5. The van der Waals surface area contributed by atoms with Crippen LogP contribution in [0.3, 0.4) is 0 Å². The third-order valence-corrected chi connectivity index (χ3v) is 3.12. The van der Waals surface area contributed by atoms with Gasteiger partial charge in [0.25, 0.3) is 10.1 Å². The molecule has 2 N–H and O–H groups in total. The van der Waals surface area contributed by atoms with Gasteiger partial charge in [-0.3, -0.25) is 4.55 Å². The van der Waals surface area contributed by atoms with Crippen LogP contribution in [0.15, 0.2) is 41.9 Å². The minimum atomic E-state index is -4.02. The highest BCUT2D eigenvalue weighted by Crippen LogP contribution is 2.17. The summed E-state index contributed by atoms with van der Waals surface area (Å²) in [4.78, 5) is -0.0666. The van der Waals surface area contributed by atoms with E-state index in [1.54, 1.807) is 18.3 Å². The van der Waals surface area contributed by atoms with E-state index in [4.69, 9.17) is 4.55 Å². The van der Waals surface area contributed by atoms with E-state index in [0.717, 1.165) is 11.6 Å². The molecule has 2 rings (SSSR count). The van der Waals surface area contributed by atoms with Crippen LogP contribution in [-0.4, -0.2) is 19.0 Å². The van der Waals surface area contributed by atoms with Crippen LogP contribution in [0.1, 0.15) is 18.4 Å². The largest absolute Gasteiger partial charge is 0.389 e. The zero-order valence-electron chi connectivity index (χ0n) is 9.76. The van der Waals surface area contributed by atoms with Gasteiger partial charge >= 0.3 is 0 Å². The van der Waals surface area contributed by atoms with Crippen molar-refractivity contribution in [1.82, 2.24) is 5.32 Å². The smallest absolute Gasteiger partial charge is 0.294 e. The molecule has 17 heavy (non-hydrogen) atoms. The number of nitrogens with one attached hydrogen (secondary N) is 1. The van der Waals surface area contributed by atoms with Crippen molar-refractivity contribution in [3.05, 3.63) is 42.6 Å². The minimum Gasteiger partial charge on any atom is -0.389 e. The molecule has 0 unspecified atom stereocenters. The Balaban J connectivity index is 0.000000202. The number of benzene rings is 1. The maximum absolute atomic E-state index is 10.5. The normalized spacial score (nSPS) is 14.5. The van der Waals surface area contributed by atoms with Crippen molar-refractivity contribution < 1.29 is 13.0 Å². The van der Waals surface area contributed by atoms with Crippen molar-refractivity contribution in [2.24, 2.45) is 0 Å². The van der Waals surface area contributed by atoms with Crippen LogP contribution in [0.4, 0.5) is 0 Å². The van der Waals surface area contributed by atoms with Gasteiger partial charge in [-0.05, 0) is 38.1 Å². The van der Waals surface area contributed by atoms with Crippen LogP contribution in [0, 0.1) is 6.92 Å². The Morgan fingerprint density at radius 2 is 1.88 bits per heavy atom. The van der Waals surface area contributed by atoms with Gasteiger partial charge in [-0.15, -0.1) is 0 Å². The van der Waals surface area contributed by atoms with Gasteiger partial charge in [-0.1, -0.05) is 24.3 Å². The average molecular weight is 255 g/mol. The first-order valence-electron chi connectivity index (χ1n) is 5.34. The topological polar surface area (TPSA) is 66.4 Å². The van der Waals surface area contributed by atoms with Crippen LogP contribution in [0.2, 0.25) is 0 Å². The Kier molecular flexibility index (Phi) is 4.72. The Bertz CT molecular complexity index is 461. The SMILES string of the molecule is C=CNC1CC1.Cc1ccc(S(=O)(=O)O)cc1. The molecule has 0 aliphatic heterocycles. The second-order valence-corrected chi connectivity index (χ2v) is 5.35. The van der Waals surface area contributed by atoms with E-state index in [1.165, 1.54) is 25.0 Å². The Morgan fingerprint density at radius 3 is 2.18 bits per heavy atom. The van der Waals surface area contributed by atoms with E-state index in [-0.39, 0.29) is 4.90 Å². The fourth-order valence-corrected chi connectivity index (χ4v) is 1.61. The molecule has 0 spiro atoms. The molecule has 0 heterocycles. The average Bonchev–Trinajstić information content (AvgIpc) is 3.02. The van der Waals surface area contributed by atoms with Crippen molar-refractivity contribution >= 4 is 10.1 Å². The third-order valence-electron chi connectivity index (χ3n) is 2.25. The molecule has 0 atom stereocenters. The van der Waals surface area contributed by atoms with Crippen LogP contribution in [-0.2, 0) is 10.1 Å². The quantitative estimate of drug-likeness (QED) is 0.812. The van der Waals surface area contributed by atoms with E-state index < -0.39 is 10.1 Å². The lowest BCUT2D eigenvalue weighted by Gasteiger charge is -1.95. The van der Waals surface area contributed by atoms with E-state index in [9.17, 15) is 8.42 Å². The summed E-state index contributed by atoms with van der Waals surface area (Å²) in [6, 6.07) is 6.77. The van der Waals surface area contributed by atoms with Crippen molar-refractivity contribution in [3.8, 4) is 0 Å². The molecular weight excluding hydrogens is 238 g/mol. The predicted molar refractivity (Wildman–Crippen MR) is 67.3 cm³/mol. The fraction of sp³-hybridized carbons (Fsp3) is 0.333. The zero-order valence-corrected chi connectivity index (χ0v) is 10.6. The monoisotopic (exact) mass is 255 g/mol. The predicted octanol–water partition coefficient (Wildman–Crippen LogP) is 2.12. The second-order valence-electron chi connectivity index (χ2n) is 3.93. The zero-order chi connectivity index (χ0) is 12.9. The van der Waals surface area contributed by atoms with Crippen molar-refractivity contribution in [2.75, 3.05) is 0 Å². The lowest BCUT2D eigenvalue weighted by molar-refractivity contribution is 0.483. The first-order chi connectivity index (χ1) is 7.93. The lowest BCUT2D eigenvalue weighted by Crippen LogP contribution is -2.04.